The van der Waals surface area contributed by atoms with Crippen LogP contribution in [0.5, 0.6) is 0 Å². The summed E-state index contributed by atoms with van der Waals surface area (Å²) in [7, 11) is 0. The number of primary amides is 1. The van der Waals surface area contributed by atoms with Gasteiger partial charge in [-0.1, -0.05) is 11.8 Å². The van der Waals surface area contributed by atoms with Crippen LogP contribution in [-0.2, 0) is 4.79 Å². The maximum atomic E-state index is 12.0. The number of anilines is 1. The number of nitrogens with zero attached hydrogens (tertiary/aromatic N) is 2. The first-order chi connectivity index (χ1) is 10.6. The van der Waals surface area contributed by atoms with Crippen LogP contribution in [-0.4, -0.2) is 27.5 Å². The lowest BCUT2D eigenvalue weighted by Crippen LogP contribution is -2.17. The molecule has 0 unspecified atom stereocenters. The SMILES string of the molecule is NC(=O)c1ccsc1NC(=O)CSc1ncnc2ccsc12. The number of carbonyl (C=O) groups excluding carboxylic acids is 2. The second-order valence-corrected chi connectivity index (χ2v) is 6.97. The van der Waals surface area contributed by atoms with Gasteiger partial charge in [-0.15, -0.1) is 22.7 Å². The predicted octanol–water partition coefficient (Wildman–Crippen LogP) is 2.58. The van der Waals surface area contributed by atoms with Crippen molar-refractivity contribution in [1.29, 1.82) is 0 Å². The lowest BCUT2D eigenvalue weighted by Gasteiger charge is -2.04. The fourth-order valence-electron chi connectivity index (χ4n) is 1.77. The fourth-order valence-corrected chi connectivity index (χ4v) is 4.32. The molecular formula is C13H10N4O2S3. The second kappa shape index (κ2) is 6.42. The molecule has 3 N–H and O–H groups in total. The number of rotatable bonds is 5. The van der Waals surface area contributed by atoms with E-state index in [2.05, 4.69) is 15.3 Å². The molecule has 9 heteroatoms. The number of hydrogen-bond donors (Lipinski definition) is 2. The molecule has 0 atom stereocenters. The van der Waals surface area contributed by atoms with Crippen LogP contribution in [0.4, 0.5) is 5.00 Å². The Labute approximate surface area is 137 Å². The molecule has 112 valence electrons. The van der Waals surface area contributed by atoms with Crippen LogP contribution < -0.4 is 11.1 Å². The van der Waals surface area contributed by atoms with E-state index in [1.54, 1.807) is 22.8 Å². The van der Waals surface area contributed by atoms with Crippen molar-refractivity contribution < 1.29 is 9.59 Å². The Morgan fingerprint density at radius 2 is 2.05 bits per heavy atom. The topological polar surface area (TPSA) is 98.0 Å². The third kappa shape index (κ3) is 3.11. The van der Waals surface area contributed by atoms with E-state index in [-0.39, 0.29) is 11.7 Å². The Bertz CT molecular complexity index is 843. The van der Waals surface area contributed by atoms with E-state index in [1.165, 1.54) is 29.4 Å². The molecule has 0 aromatic carbocycles. The van der Waals surface area contributed by atoms with Gasteiger partial charge in [-0.3, -0.25) is 9.59 Å². The van der Waals surface area contributed by atoms with Crippen molar-refractivity contribution in [1.82, 2.24) is 9.97 Å². The maximum absolute atomic E-state index is 12.0. The van der Waals surface area contributed by atoms with E-state index in [9.17, 15) is 9.59 Å². The quantitative estimate of drug-likeness (QED) is 0.544. The van der Waals surface area contributed by atoms with Crippen LogP contribution in [0.1, 0.15) is 10.4 Å². The standard InChI is InChI=1S/C13H10N4O2S3/c14-11(19)7-1-3-21-12(7)17-9(18)5-22-13-10-8(2-4-20-10)15-6-16-13/h1-4,6H,5H2,(H2,14,19)(H,17,18). The van der Waals surface area contributed by atoms with Crippen molar-refractivity contribution in [3.05, 3.63) is 34.8 Å². The molecule has 0 radical (unpaired) electrons. The van der Waals surface area contributed by atoms with E-state index in [0.29, 0.717) is 10.6 Å². The molecule has 0 spiro atoms. The number of hydrogen-bond acceptors (Lipinski definition) is 7. The summed E-state index contributed by atoms with van der Waals surface area (Å²) < 4.78 is 0.967. The Hall–Kier alpha value is -1.97. The lowest BCUT2D eigenvalue weighted by molar-refractivity contribution is -0.113. The van der Waals surface area contributed by atoms with Crippen molar-refractivity contribution in [3.63, 3.8) is 0 Å². The molecular weight excluding hydrogens is 340 g/mol. The average molecular weight is 350 g/mol. The van der Waals surface area contributed by atoms with Gasteiger partial charge in [-0.2, -0.15) is 0 Å². The van der Waals surface area contributed by atoms with Crippen LogP contribution in [0.15, 0.2) is 34.2 Å². The summed E-state index contributed by atoms with van der Waals surface area (Å²) in [5.41, 5.74) is 6.44. The number of fused-ring (bicyclic) bond motifs is 1. The zero-order valence-electron chi connectivity index (χ0n) is 11.1. The Kier molecular flexibility index (Phi) is 4.36. The highest BCUT2D eigenvalue weighted by Crippen LogP contribution is 2.29. The number of thiophene rings is 2. The summed E-state index contributed by atoms with van der Waals surface area (Å²) in [5.74, 6) is -0.571. The van der Waals surface area contributed by atoms with E-state index in [0.717, 1.165) is 15.2 Å². The molecule has 3 rings (SSSR count). The minimum absolute atomic E-state index is 0.195. The Balaban J connectivity index is 1.66. The molecule has 0 fully saturated rings. The fraction of sp³-hybridized carbons (Fsp3) is 0.0769. The van der Waals surface area contributed by atoms with E-state index >= 15 is 0 Å². The highest BCUT2D eigenvalue weighted by molar-refractivity contribution is 8.00. The minimum Gasteiger partial charge on any atom is -0.366 e. The highest BCUT2D eigenvalue weighted by atomic mass is 32.2. The van der Waals surface area contributed by atoms with Crippen molar-refractivity contribution in [2.24, 2.45) is 5.73 Å². The normalized spacial score (nSPS) is 10.7. The molecule has 0 saturated heterocycles. The molecule has 0 aliphatic rings. The van der Waals surface area contributed by atoms with Crippen molar-refractivity contribution in [2.75, 3.05) is 11.1 Å². The van der Waals surface area contributed by atoms with Gasteiger partial charge in [-0.05, 0) is 22.9 Å². The number of aromatic nitrogens is 2. The Morgan fingerprint density at radius 1 is 1.23 bits per heavy atom. The van der Waals surface area contributed by atoms with Gasteiger partial charge in [0.1, 0.15) is 16.4 Å². The molecule has 2 amide bonds. The second-order valence-electron chi connectivity index (χ2n) is 4.18. The predicted molar refractivity (Wildman–Crippen MR) is 89.6 cm³/mol. The molecule has 22 heavy (non-hydrogen) atoms. The summed E-state index contributed by atoms with van der Waals surface area (Å²) >= 11 is 4.14. The summed E-state index contributed by atoms with van der Waals surface area (Å²) in [5, 5.41) is 7.60. The van der Waals surface area contributed by atoms with Crippen molar-refractivity contribution >= 4 is 61.5 Å². The number of nitrogens with two attached hydrogens (primary N) is 1. The molecule has 0 aliphatic heterocycles. The van der Waals surface area contributed by atoms with Crippen LogP contribution in [0.2, 0.25) is 0 Å². The Morgan fingerprint density at radius 3 is 2.86 bits per heavy atom. The van der Waals surface area contributed by atoms with Crippen LogP contribution in [0.25, 0.3) is 10.2 Å². The first kappa shape index (κ1) is 14.9. The van der Waals surface area contributed by atoms with Gasteiger partial charge in [0.15, 0.2) is 0 Å². The smallest absolute Gasteiger partial charge is 0.251 e. The van der Waals surface area contributed by atoms with E-state index in [1.807, 2.05) is 11.4 Å². The zero-order valence-corrected chi connectivity index (χ0v) is 13.6. The molecule has 0 bridgehead atoms. The van der Waals surface area contributed by atoms with Gasteiger partial charge >= 0.3 is 0 Å². The molecule has 6 nitrogen and oxygen atoms in total. The van der Waals surface area contributed by atoms with E-state index < -0.39 is 5.91 Å². The molecule has 0 saturated carbocycles. The first-order valence-corrected chi connectivity index (χ1v) is 8.88. The average Bonchev–Trinajstić information content (AvgIpc) is 3.13. The minimum atomic E-state index is -0.555. The van der Waals surface area contributed by atoms with Gasteiger partial charge in [0.05, 0.1) is 21.5 Å². The summed E-state index contributed by atoms with van der Waals surface area (Å²) in [6.45, 7) is 0. The van der Waals surface area contributed by atoms with Crippen LogP contribution in [0.3, 0.4) is 0 Å². The lowest BCUT2D eigenvalue weighted by atomic mass is 10.3. The monoisotopic (exact) mass is 350 g/mol. The molecule has 3 aromatic rings. The summed E-state index contributed by atoms with van der Waals surface area (Å²) in [6, 6.07) is 3.51. The number of nitrogens with one attached hydrogen (secondary N) is 1. The van der Waals surface area contributed by atoms with Gasteiger partial charge < -0.3 is 11.1 Å². The van der Waals surface area contributed by atoms with Crippen molar-refractivity contribution in [2.45, 2.75) is 5.03 Å². The third-order valence-electron chi connectivity index (χ3n) is 2.73. The molecule has 0 aliphatic carbocycles. The van der Waals surface area contributed by atoms with Gasteiger partial charge in [0.2, 0.25) is 5.91 Å². The zero-order chi connectivity index (χ0) is 15.5. The van der Waals surface area contributed by atoms with E-state index in [4.69, 9.17) is 5.73 Å². The summed E-state index contributed by atoms with van der Waals surface area (Å²) in [6.07, 6.45) is 1.49. The number of thioether (sulfide) groups is 1. The first-order valence-electron chi connectivity index (χ1n) is 6.13. The van der Waals surface area contributed by atoms with Gasteiger partial charge in [0.25, 0.3) is 5.91 Å². The summed E-state index contributed by atoms with van der Waals surface area (Å²) in [4.78, 5) is 31.6. The van der Waals surface area contributed by atoms with Gasteiger partial charge in [-0.25, -0.2) is 9.97 Å². The molecule has 3 heterocycles. The number of amides is 2. The van der Waals surface area contributed by atoms with Crippen LogP contribution in [0, 0.1) is 0 Å². The van der Waals surface area contributed by atoms with Crippen LogP contribution >= 0.6 is 34.4 Å². The van der Waals surface area contributed by atoms with Crippen molar-refractivity contribution in [3.8, 4) is 0 Å². The molecule has 3 aromatic heterocycles. The highest BCUT2D eigenvalue weighted by Gasteiger charge is 2.13. The maximum Gasteiger partial charge on any atom is 0.251 e. The largest absolute Gasteiger partial charge is 0.366 e. The van der Waals surface area contributed by atoms with Gasteiger partial charge in [0, 0.05) is 0 Å². The number of carbonyl (C=O) groups is 2. The third-order valence-corrected chi connectivity index (χ3v) is 5.59.